The van der Waals surface area contributed by atoms with E-state index in [1.165, 1.54) is 25.4 Å². The third kappa shape index (κ3) is 9.88. The minimum Gasteiger partial charge on any atom is -0.724 e. The quantitative estimate of drug-likeness (QED) is 0.0237. The average Bonchev–Trinajstić information content (AvgIpc) is 3.67. The first-order chi connectivity index (χ1) is 24.1. The predicted octanol–water partition coefficient (Wildman–Crippen LogP) is -1.89. The summed E-state index contributed by atoms with van der Waals surface area (Å²) in [5.74, 6) is -0.797. The summed E-state index contributed by atoms with van der Waals surface area (Å²) in [6.45, 7) is 4.07. The molecule has 0 unspecified atom stereocenters. The van der Waals surface area contributed by atoms with E-state index in [1.54, 1.807) is 12.1 Å². The molecule has 2 aliphatic heterocycles. The monoisotopic (exact) mass is 754 g/mol. The molecule has 276 valence electrons. The maximum absolute atomic E-state index is 14.8. The van der Waals surface area contributed by atoms with Crippen molar-refractivity contribution in [1.29, 1.82) is 0 Å². The molecule has 0 aromatic carbocycles. The fourth-order valence-electron chi connectivity index (χ4n) is 5.00. The second-order valence-corrected chi connectivity index (χ2v) is 13.6. The summed E-state index contributed by atoms with van der Waals surface area (Å²) in [6.07, 6.45) is 6.96. The topological polar surface area (TPSA) is 279 Å². The molecular weight excluding hydrogens is 720 g/mol. The van der Waals surface area contributed by atoms with Crippen molar-refractivity contribution in [2.75, 3.05) is 38.6 Å². The molecule has 0 spiro atoms. The summed E-state index contributed by atoms with van der Waals surface area (Å²) in [4.78, 5) is 55.6. The second-order valence-electron chi connectivity index (χ2n) is 11.7. The van der Waals surface area contributed by atoms with E-state index in [1.807, 2.05) is 21.7 Å². The van der Waals surface area contributed by atoms with Crippen LogP contribution < -0.4 is 31.4 Å². The molecule has 5 heterocycles. The molecule has 3 aromatic heterocycles. The van der Waals surface area contributed by atoms with Crippen molar-refractivity contribution in [3.05, 3.63) is 47.6 Å². The number of hydrogen-bond acceptors (Lipinski definition) is 17. The van der Waals surface area contributed by atoms with Gasteiger partial charge < -0.3 is 36.2 Å². The van der Waals surface area contributed by atoms with Crippen LogP contribution in [0.3, 0.4) is 0 Å². The van der Waals surface area contributed by atoms with Crippen molar-refractivity contribution in [3.8, 4) is 11.6 Å². The van der Waals surface area contributed by atoms with Gasteiger partial charge >= 0.3 is 6.15 Å². The summed E-state index contributed by atoms with van der Waals surface area (Å²) in [5, 5.41) is 11.3. The van der Waals surface area contributed by atoms with Crippen molar-refractivity contribution >= 4 is 50.5 Å². The molecule has 0 bridgehead atoms. The van der Waals surface area contributed by atoms with Gasteiger partial charge in [-0.2, -0.15) is 18.9 Å². The first-order valence-electron chi connectivity index (χ1n) is 15.1. The molecule has 51 heavy (non-hydrogen) atoms. The van der Waals surface area contributed by atoms with Crippen LogP contribution in [-0.4, -0.2) is 106 Å². The number of nitrogens with zero attached hydrogens (tertiary/aromatic N) is 6. The zero-order valence-corrected chi connectivity index (χ0v) is 28.9. The number of hydrogen-bond donors (Lipinski definition) is 4. The van der Waals surface area contributed by atoms with Crippen LogP contribution in [0.15, 0.2) is 41.4 Å². The molecule has 2 aliphatic rings. The van der Waals surface area contributed by atoms with Crippen molar-refractivity contribution < 1.29 is 55.0 Å². The predicted molar refractivity (Wildman–Crippen MR) is 171 cm³/mol. The number of aromatic nitrogens is 4. The Morgan fingerprint density at radius 2 is 2.04 bits per heavy atom. The van der Waals surface area contributed by atoms with Gasteiger partial charge in [-0.05, 0) is 32.9 Å². The molecule has 0 radical (unpaired) electrons. The highest BCUT2D eigenvalue weighted by Gasteiger charge is 2.57. The lowest BCUT2D eigenvalue weighted by Crippen LogP contribution is -2.76. The Balaban J connectivity index is 0.00000188. The number of carbonyl (C=O) groups is 2. The van der Waals surface area contributed by atoms with Crippen LogP contribution in [0.1, 0.15) is 31.7 Å². The Hall–Kier alpha value is -4.90. The van der Waals surface area contributed by atoms with Gasteiger partial charge in [0.1, 0.15) is 43.0 Å². The summed E-state index contributed by atoms with van der Waals surface area (Å²) >= 11 is 1.04. The number of alkyl halides is 1. The number of ether oxygens (including phenoxy) is 1. The number of oxime groups is 1. The minimum atomic E-state index is -5.22. The van der Waals surface area contributed by atoms with Crippen LogP contribution >= 0.6 is 11.3 Å². The van der Waals surface area contributed by atoms with Crippen LogP contribution in [0.2, 0.25) is 0 Å². The maximum atomic E-state index is 14.8. The highest BCUT2D eigenvalue weighted by Crippen LogP contribution is 2.33. The SMILES string of the molecule is CC1(C)[C@H](NC(=O)/C(=N\OCCOc2ccc(-[n+]3cc(CCCN)n(CC4(F)CNC4)c3)nc2)c2csc(N)n2)C(=O)N1OS(=O)(=O)[O-].O=C=O. The van der Waals surface area contributed by atoms with E-state index in [2.05, 4.69) is 30.0 Å². The lowest BCUT2D eigenvalue weighted by atomic mass is 9.84. The van der Waals surface area contributed by atoms with E-state index in [0.29, 0.717) is 42.7 Å². The average molecular weight is 755 g/mol. The zero-order chi connectivity index (χ0) is 37.4. The van der Waals surface area contributed by atoms with Gasteiger partial charge in [0.05, 0.1) is 5.54 Å². The zero-order valence-electron chi connectivity index (χ0n) is 27.3. The van der Waals surface area contributed by atoms with E-state index < -0.39 is 39.5 Å². The number of nitrogen functional groups attached to an aromatic ring is 1. The van der Waals surface area contributed by atoms with Crippen LogP contribution in [-0.2, 0) is 51.7 Å². The first kappa shape index (κ1) is 38.9. The summed E-state index contributed by atoms with van der Waals surface area (Å²) in [6, 6.07) is 2.21. The van der Waals surface area contributed by atoms with E-state index in [-0.39, 0.29) is 42.4 Å². The molecule has 5 rings (SSSR count). The molecule has 0 saturated carbocycles. The standard InChI is InChI=1S/C27H35FN10O8S2.CO2/c1-26(2)22(24(40)38(26)46-48(41,42)43)34-23(39)21(19-12-47-25(30)33-19)35-45-9-8-44-18-5-6-20(32-10-18)36-11-17(4-3-7-29)37(16-36)15-27(28)13-31-14-27;2-1-3/h5-6,10-12,16,22,31H,3-4,7-9,13-15,29H2,1-2H3,(H3-,30,33,34,39,41,42,43);/b35-21-;/t22-;/m1./s1. The van der Waals surface area contributed by atoms with Gasteiger partial charge in [-0.1, -0.05) is 5.16 Å². The van der Waals surface area contributed by atoms with Crippen LogP contribution in [0.25, 0.3) is 5.82 Å². The number of carbonyl (C=O) groups excluding carboxylic acids is 4. The number of imidazole rings is 1. The van der Waals surface area contributed by atoms with Gasteiger partial charge in [-0.15, -0.1) is 16.3 Å². The van der Waals surface area contributed by atoms with E-state index in [0.717, 1.165) is 23.5 Å². The number of anilines is 1. The number of rotatable bonds is 16. The summed E-state index contributed by atoms with van der Waals surface area (Å²) in [7, 11) is -5.22. The van der Waals surface area contributed by atoms with E-state index in [4.69, 9.17) is 30.6 Å². The van der Waals surface area contributed by atoms with Crippen molar-refractivity contribution in [2.45, 2.75) is 50.5 Å². The number of thiazole rings is 1. The minimum absolute atomic E-state index is 0.0160. The Morgan fingerprint density at radius 1 is 1.31 bits per heavy atom. The highest BCUT2D eigenvalue weighted by atomic mass is 32.3. The molecule has 2 fully saturated rings. The number of aryl methyl sites for hydroxylation is 1. The number of nitrogens with one attached hydrogen (secondary N) is 2. The lowest BCUT2D eigenvalue weighted by Gasteiger charge is -2.51. The third-order valence-electron chi connectivity index (χ3n) is 7.58. The molecule has 20 nitrogen and oxygen atoms in total. The van der Waals surface area contributed by atoms with Gasteiger partial charge in [0, 0.05) is 31.0 Å². The number of halogens is 1. The summed E-state index contributed by atoms with van der Waals surface area (Å²) in [5.41, 5.74) is 9.44. The fourth-order valence-corrected chi connectivity index (χ4v) is 6.00. The molecule has 23 heteroatoms. The summed E-state index contributed by atoms with van der Waals surface area (Å²) < 4.78 is 61.3. The smallest absolute Gasteiger partial charge is 0.373 e. The van der Waals surface area contributed by atoms with Crippen molar-refractivity contribution in [3.63, 3.8) is 0 Å². The third-order valence-corrected chi connectivity index (χ3v) is 8.58. The second kappa shape index (κ2) is 16.4. The van der Waals surface area contributed by atoms with Crippen LogP contribution in [0, 0.1) is 0 Å². The van der Waals surface area contributed by atoms with Gasteiger partial charge in [-0.25, -0.2) is 22.4 Å². The molecule has 2 saturated heterocycles. The Kier molecular flexibility index (Phi) is 12.5. The molecular formula is C28H35FN10O10S2. The van der Waals surface area contributed by atoms with Gasteiger partial charge in [-0.3, -0.25) is 14.2 Å². The number of nitrogens with two attached hydrogens (primary N) is 2. The largest absolute Gasteiger partial charge is 0.724 e. The van der Waals surface area contributed by atoms with Crippen LogP contribution in [0.4, 0.5) is 9.52 Å². The lowest BCUT2D eigenvalue weighted by molar-refractivity contribution is -0.599. The molecule has 2 amide bonds. The Bertz CT molecular complexity index is 1870. The first-order valence-corrected chi connectivity index (χ1v) is 17.3. The Labute approximate surface area is 294 Å². The van der Waals surface area contributed by atoms with Gasteiger partial charge in [0.2, 0.25) is 10.4 Å². The molecule has 1 atom stereocenters. The molecule has 0 aliphatic carbocycles. The fraction of sp³-hybridized carbons (Fsp3) is 0.464. The Morgan fingerprint density at radius 3 is 2.59 bits per heavy atom. The van der Waals surface area contributed by atoms with E-state index in [9.17, 15) is 27.0 Å². The number of hydroxylamine groups is 2. The number of β-lactam (4-membered cyclic amide) rings is 1. The normalized spacial score (nSPS) is 17.7. The van der Waals surface area contributed by atoms with E-state index >= 15 is 0 Å². The van der Waals surface area contributed by atoms with Crippen molar-refractivity contribution in [2.24, 2.45) is 10.9 Å². The van der Waals surface area contributed by atoms with Gasteiger partial charge in [0.25, 0.3) is 17.6 Å². The number of pyridine rings is 1. The highest BCUT2D eigenvalue weighted by molar-refractivity contribution is 7.80. The van der Waals surface area contributed by atoms with Gasteiger partial charge in [0.15, 0.2) is 35.2 Å². The maximum Gasteiger partial charge on any atom is 0.373 e. The van der Waals surface area contributed by atoms with Crippen LogP contribution in [0.5, 0.6) is 5.75 Å². The molecule has 3 aromatic rings. The number of amides is 2. The molecule has 6 N–H and O–H groups in total. The van der Waals surface area contributed by atoms with Crippen molar-refractivity contribution in [1.82, 2.24) is 30.2 Å².